The molecule has 10 heteroatoms. The molecule has 1 aliphatic carbocycles. The first-order valence-corrected chi connectivity index (χ1v) is 11.7. The number of halogens is 1. The van der Waals surface area contributed by atoms with Crippen molar-refractivity contribution in [3.63, 3.8) is 0 Å². The van der Waals surface area contributed by atoms with Crippen LogP contribution in [-0.2, 0) is 9.84 Å². The molecule has 4 rings (SSSR count). The second-order valence-corrected chi connectivity index (χ2v) is 10.3. The Morgan fingerprint density at radius 1 is 1.27 bits per heavy atom. The Morgan fingerprint density at radius 2 is 1.93 bits per heavy atom. The van der Waals surface area contributed by atoms with Gasteiger partial charge in [-0.2, -0.15) is 0 Å². The molecule has 2 aliphatic rings. The largest absolute Gasteiger partial charge is 0.477 e. The van der Waals surface area contributed by atoms with E-state index in [0.717, 1.165) is 12.3 Å². The predicted molar refractivity (Wildman–Crippen MR) is 109 cm³/mol. The minimum Gasteiger partial charge on any atom is -0.477 e. The van der Waals surface area contributed by atoms with Crippen molar-refractivity contribution in [3.05, 3.63) is 33.9 Å². The quantitative estimate of drug-likeness (QED) is 0.747. The summed E-state index contributed by atoms with van der Waals surface area (Å²) in [6.45, 7) is 2.32. The summed E-state index contributed by atoms with van der Waals surface area (Å²) < 4.78 is 42.5. The number of pyridine rings is 1. The van der Waals surface area contributed by atoms with Crippen LogP contribution in [0, 0.1) is 11.7 Å². The third-order valence-electron chi connectivity index (χ3n) is 5.92. The molecule has 1 aromatic carbocycles. The number of nitrogens with zero attached hydrogens (tertiary/aromatic N) is 2. The van der Waals surface area contributed by atoms with Gasteiger partial charge in [-0.25, -0.2) is 17.6 Å². The molecule has 2 aromatic rings. The summed E-state index contributed by atoms with van der Waals surface area (Å²) in [4.78, 5) is 25.6. The number of carbonyl (C=O) groups is 1. The second kappa shape index (κ2) is 7.05. The average Bonchev–Trinajstić information content (AvgIpc) is 3.48. The molecule has 1 aliphatic heterocycles. The zero-order valence-electron chi connectivity index (χ0n) is 16.6. The highest BCUT2D eigenvalue weighted by Gasteiger charge is 2.35. The molecule has 0 unspecified atom stereocenters. The van der Waals surface area contributed by atoms with Crippen LogP contribution in [0.15, 0.2) is 22.0 Å². The first-order chi connectivity index (χ1) is 14.0. The van der Waals surface area contributed by atoms with Crippen molar-refractivity contribution in [2.75, 3.05) is 24.2 Å². The molecule has 2 fully saturated rings. The van der Waals surface area contributed by atoms with E-state index in [1.54, 1.807) is 11.8 Å². The minimum absolute atomic E-state index is 0.0465. The summed E-state index contributed by atoms with van der Waals surface area (Å²) in [6.07, 6.45) is 3.34. The monoisotopic (exact) mass is 438 g/mol. The Balaban J connectivity index is 2.11. The number of aromatic carboxylic acids is 1. The van der Waals surface area contributed by atoms with E-state index in [2.05, 4.69) is 0 Å². The molecule has 2 atom stereocenters. The molecule has 0 radical (unpaired) electrons. The van der Waals surface area contributed by atoms with E-state index in [9.17, 15) is 28.2 Å². The lowest BCUT2D eigenvalue weighted by molar-refractivity contribution is 0.0694. The molecule has 30 heavy (non-hydrogen) atoms. The number of carboxylic acids is 1. The molecule has 1 saturated carbocycles. The predicted octanol–water partition coefficient (Wildman–Crippen LogP) is 1.78. The van der Waals surface area contributed by atoms with Crippen molar-refractivity contribution >= 4 is 32.4 Å². The molecule has 1 aromatic heterocycles. The van der Waals surface area contributed by atoms with Crippen LogP contribution in [0.4, 0.5) is 10.1 Å². The number of hydrogen-bond acceptors (Lipinski definition) is 6. The van der Waals surface area contributed by atoms with E-state index in [4.69, 9.17) is 0 Å². The SMILES string of the molecule is C[C@@H]1CN(c2c(F)cc3c(=O)c(C(=O)O)cn(C4CC4)c3c2S(C)(=O)=O)CC[C@H]1O. The first kappa shape index (κ1) is 20.8. The fourth-order valence-corrected chi connectivity index (χ4v) is 5.36. The third-order valence-corrected chi connectivity index (χ3v) is 7.04. The summed E-state index contributed by atoms with van der Waals surface area (Å²) in [7, 11) is -3.99. The molecular weight excluding hydrogens is 415 g/mol. The number of rotatable bonds is 4. The van der Waals surface area contributed by atoms with Crippen molar-refractivity contribution in [1.29, 1.82) is 0 Å². The Bertz CT molecular complexity index is 1220. The van der Waals surface area contributed by atoms with Crippen LogP contribution >= 0.6 is 0 Å². The van der Waals surface area contributed by atoms with E-state index in [1.165, 1.54) is 10.8 Å². The van der Waals surface area contributed by atoms with Gasteiger partial charge in [0.2, 0.25) is 5.43 Å². The van der Waals surface area contributed by atoms with Crippen molar-refractivity contribution in [3.8, 4) is 0 Å². The maximum Gasteiger partial charge on any atom is 0.341 e. The number of carboxylic acid groups (broad SMARTS) is 1. The smallest absolute Gasteiger partial charge is 0.341 e. The first-order valence-electron chi connectivity index (χ1n) is 9.78. The fraction of sp³-hybridized carbons (Fsp3) is 0.500. The second-order valence-electron chi connectivity index (χ2n) is 8.30. The molecular formula is C20H23FN2O6S. The highest BCUT2D eigenvalue weighted by Crippen LogP contribution is 2.42. The van der Waals surface area contributed by atoms with Gasteiger partial charge in [0.1, 0.15) is 16.3 Å². The van der Waals surface area contributed by atoms with Crippen molar-refractivity contribution in [2.45, 2.75) is 43.2 Å². The van der Waals surface area contributed by atoms with Gasteiger partial charge >= 0.3 is 5.97 Å². The maximum atomic E-state index is 15.3. The lowest BCUT2D eigenvalue weighted by Gasteiger charge is -2.37. The normalized spacial score (nSPS) is 22.5. The minimum atomic E-state index is -3.99. The Morgan fingerprint density at radius 3 is 2.47 bits per heavy atom. The lowest BCUT2D eigenvalue weighted by atomic mass is 9.96. The van der Waals surface area contributed by atoms with Gasteiger partial charge < -0.3 is 19.7 Å². The number of benzene rings is 1. The van der Waals surface area contributed by atoms with Crippen LogP contribution < -0.4 is 10.3 Å². The van der Waals surface area contributed by atoms with E-state index in [-0.39, 0.29) is 46.5 Å². The molecule has 0 amide bonds. The average molecular weight is 438 g/mol. The highest BCUT2D eigenvalue weighted by molar-refractivity contribution is 7.91. The van der Waals surface area contributed by atoms with Crippen LogP contribution in [0.5, 0.6) is 0 Å². The summed E-state index contributed by atoms with van der Waals surface area (Å²) >= 11 is 0. The van der Waals surface area contributed by atoms with Crippen LogP contribution in [0.25, 0.3) is 10.9 Å². The van der Waals surface area contributed by atoms with Gasteiger partial charge in [-0.1, -0.05) is 6.92 Å². The number of anilines is 1. The van der Waals surface area contributed by atoms with Gasteiger partial charge in [-0.15, -0.1) is 0 Å². The fourth-order valence-electron chi connectivity index (χ4n) is 4.22. The number of hydrogen-bond donors (Lipinski definition) is 2. The van der Waals surface area contributed by atoms with E-state index in [0.29, 0.717) is 19.3 Å². The van der Waals surface area contributed by atoms with Crippen LogP contribution in [0.2, 0.25) is 0 Å². The van der Waals surface area contributed by atoms with Crippen molar-refractivity contribution < 1.29 is 27.8 Å². The number of sulfone groups is 1. The number of piperidine rings is 1. The Labute approximate surface area is 172 Å². The molecule has 2 N–H and O–H groups in total. The maximum absolute atomic E-state index is 15.3. The van der Waals surface area contributed by atoms with Crippen molar-refractivity contribution in [2.24, 2.45) is 5.92 Å². The molecule has 162 valence electrons. The summed E-state index contributed by atoms with van der Waals surface area (Å²) in [5.41, 5.74) is -1.51. The Hall–Kier alpha value is -2.46. The van der Waals surface area contributed by atoms with Gasteiger partial charge in [0.15, 0.2) is 9.84 Å². The van der Waals surface area contributed by atoms with E-state index >= 15 is 4.39 Å². The van der Waals surface area contributed by atoms with Crippen molar-refractivity contribution in [1.82, 2.24) is 4.57 Å². The van der Waals surface area contributed by atoms with E-state index < -0.39 is 38.7 Å². The standard InChI is InChI=1S/C20H23FN2O6S/c1-10-8-22(6-5-15(10)24)17-14(21)7-12-16(19(17)30(2,28)29)23(11-3-4-11)9-13(18(12)25)20(26)27/h7,9-11,15,24H,3-6,8H2,1-2H3,(H,26,27)/t10-,15-/m1/s1. The van der Waals surface area contributed by atoms with Gasteiger partial charge in [0.05, 0.1) is 22.7 Å². The Kier molecular flexibility index (Phi) is 4.89. The number of aliphatic hydroxyl groups excluding tert-OH is 1. The van der Waals surface area contributed by atoms with Gasteiger partial charge in [-0.05, 0) is 31.2 Å². The molecule has 8 nitrogen and oxygen atoms in total. The van der Waals surface area contributed by atoms with E-state index in [1.807, 2.05) is 0 Å². The van der Waals surface area contributed by atoms with Crippen LogP contribution in [0.3, 0.4) is 0 Å². The third kappa shape index (κ3) is 3.37. The molecule has 1 saturated heterocycles. The van der Waals surface area contributed by atoms with Gasteiger partial charge in [0.25, 0.3) is 0 Å². The zero-order valence-corrected chi connectivity index (χ0v) is 17.4. The summed E-state index contributed by atoms with van der Waals surface area (Å²) in [6, 6.07) is 0.801. The molecule has 2 heterocycles. The molecule has 0 spiro atoms. The summed E-state index contributed by atoms with van der Waals surface area (Å²) in [5, 5.41) is 19.2. The molecule has 0 bridgehead atoms. The highest BCUT2D eigenvalue weighted by atomic mass is 32.2. The number of aromatic nitrogens is 1. The lowest BCUT2D eigenvalue weighted by Crippen LogP contribution is -2.43. The summed E-state index contributed by atoms with van der Waals surface area (Å²) in [5.74, 6) is -2.53. The zero-order chi connectivity index (χ0) is 22.0. The van der Waals surface area contributed by atoms with Gasteiger partial charge in [-0.3, -0.25) is 4.79 Å². The number of fused-ring (bicyclic) bond motifs is 1. The topological polar surface area (TPSA) is 117 Å². The van der Waals surface area contributed by atoms with Crippen LogP contribution in [-0.4, -0.2) is 54.6 Å². The van der Waals surface area contributed by atoms with Gasteiger partial charge in [0, 0.05) is 31.6 Å². The number of aliphatic hydroxyl groups is 1. The van der Waals surface area contributed by atoms with Crippen LogP contribution in [0.1, 0.15) is 42.6 Å².